The Kier molecular flexibility index (Phi) is 3.94. The Morgan fingerprint density at radius 2 is 1.86 bits per heavy atom. The monoisotopic (exact) mass is 290 g/mol. The van der Waals surface area contributed by atoms with Crippen LogP contribution in [0.1, 0.15) is 19.3 Å². The number of hydrogen-bond acceptors (Lipinski definition) is 4. The molecule has 0 bridgehead atoms. The summed E-state index contributed by atoms with van der Waals surface area (Å²) in [4.78, 5) is 10.7. The molecule has 2 heterocycles. The van der Waals surface area contributed by atoms with Crippen molar-refractivity contribution in [3.8, 4) is 0 Å². The number of hydrogen-bond donors (Lipinski definition) is 1. The van der Waals surface area contributed by atoms with Crippen LogP contribution in [0.4, 0.5) is 26.2 Å². The number of aromatic nitrogens is 2. The molecule has 0 amide bonds. The Labute approximate surface area is 121 Å². The van der Waals surface area contributed by atoms with Gasteiger partial charge in [-0.2, -0.15) is 4.98 Å². The predicted octanol–water partition coefficient (Wildman–Crippen LogP) is 3.49. The van der Waals surface area contributed by atoms with Crippen LogP contribution in [0.15, 0.2) is 30.5 Å². The van der Waals surface area contributed by atoms with Crippen LogP contribution in [0, 0.1) is 11.6 Å². The molecule has 110 valence electrons. The smallest absolute Gasteiger partial charge is 0.229 e. The third-order valence-corrected chi connectivity index (χ3v) is 3.50. The van der Waals surface area contributed by atoms with Crippen molar-refractivity contribution in [3.63, 3.8) is 0 Å². The van der Waals surface area contributed by atoms with E-state index >= 15 is 0 Å². The minimum absolute atomic E-state index is 0.159. The second kappa shape index (κ2) is 6.03. The number of nitrogens with one attached hydrogen (secondary N) is 1. The Morgan fingerprint density at radius 3 is 2.62 bits per heavy atom. The Balaban J connectivity index is 1.79. The number of rotatable bonds is 3. The van der Waals surface area contributed by atoms with E-state index in [9.17, 15) is 8.78 Å². The van der Waals surface area contributed by atoms with Gasteiger partial charge in [-0.05, 0) is 37.5 Å². The van der Waals surface area contributed by atoms with E-state index < -0.39 is 11.6 Å². The summed E-state index contributed by atoms with van der Waals surface area (Å²) in [6.45, 7) is 1.95. The highest BCUT2D eigenvalue weighted by molar-refractivity contribution is 5.55. The number of halogens is 2. The van der Waals surface area contributed by atoms with E-state index in [1.165, 1.54) is 18.6 Å². The van der Waals surface area contributed by atoms with Gasteiger partial charge in [0.1, 0.15) is 17.5 Å². The van der Waals surface area contributed by atoms with Crippen LogP contribution in [0.25, 0.3) is 0 Å². The zero-order chi connectivity index (χ0) is 14.7. The van der Waals surface area contributed by atoms with E-state index in [1.54, 1.807) is 6.20 Å². The maximum Gasteiger partial charge on any atom is 0.229 e. The molecule has 6 heteroatoms. The van der Waals surface area contributed by atoms with E-state index in [1.807, 2.05) is 6.07 Å². The number of piperidine rings is 1. The molecule has 0 unspecified atom stereocenters. The Bertz CT molecular complexity index is 627. The van der Waals surface area contributed by atoms with Gasteiger partial charge in [0.15, 0.2) is 0 Å². The molecular weight excluding hydrogens is 274 g/mol. The van der Waals surface area contributed by atoms with Gasteiger partial charge in [0, 0.05) is 25.4 Å². The third-order valence-electron chi connectivity index (χ3n) is 3.50. The van der Waals surface area contributed by atoms with Crippen molar-refractivity contribution in [1.82, 2.24) is 9.97 Å². The molecule has 0 spiro atoms. The lowest BCUT2D eigenvalue weighted by Crippen LogP contribution is -2.30. The van der Waals surface area contributed by atoms with Crippen LogP contribution in [0.3, 0.4) is 0 Å². The molecule has 0 radical (unpaired) electrons. The lowest BCUT2D eigenvalue weighted by atomic mass is 10.1. The van der Waals surface area contributed by atoms with E-state index in [-0.39, 0.29) is 5.69 Å². The standard InChI is InChI=1S/C15H16F2N4/c16-11-4-5-13(12(17)10-11)19-15-18-7-6-14(20-15)21-8-2-1-3-9-21/h4-7,10H,1-3,8-9H2,(H,18,19,20). The number of anilines is 3. The summed E-state index contributed by atoms with van der Waals surface area (Å²) in [6, 6.07) is 5.20. The maximum absolute atomic E-state index is 13.6. The fourth-order valence-corrected chi connectivity index (χ4v) is 2.42. The number of benzene rings is 1. The summed E-state index contributed by atoms with van der Waals surface area (Å²) < 4.78 is 26.5. The van der Waals surface area contributed by atoms with Gasteiger partial charge in [-0.3, -0.25) is 0 Å². The molecule has 2 aromatic rings. The highest BCUT2D eigenvalue weighted by Crippen LogP contribution is 2.21. The van der Waals surface area contributed by atoms with Crippen LogP contribution in [0.5, 0.6) is 0 Å². The molecule has 21 heavy (non-hydrogen) atoms. The first-order valence-corrected chi connectivity index (χ1v) is 7.02. The SMILES string of the molecule is Fc1ccc(Nc2nccc(N3CCCCC3)n2)c(F)c1. The number of nitrogens with zero attached hydrogens (tertiary/aromatic N) is 3. The summed E-state index contributed by atoms with van der Waals surface area (Å²) in [6.07, 6.45) is 5.19. The highest BCUT2D eigenvalue weighted by atomic mass is 19.1. The van der Waals surface area contributed by atoms with Crippen LogP contribution >= 0.6 is 0 Å². The maximum atomic E-state index is 13.6. The highest BCUT2D eigenvalue weighted by Gasteiger charge is 2.13. The Morgan fingerprint density at radius 1 is 1.05 bits per heavy atom. The van der Waals surface area contributed by atoms with Crippen molar-refractivity contribution < 1.29 is 8.78 Å². The molecular formula is C15H16F2N4. The van der Waals surface area contributed by atoms with Crippen molar-refractivity contribution >= 4 is 17.5 Å². The minimum atomic E-state index is -0.665. The molecule has 1 aliphatic heterocycles. The van der Waals surface area contributed by atoms with Gasteiger partial charge < -0.3 is 10.2 Å². The van der Waals surface area contributed by atoms with Crippen molar-refractivity contribution in [2.75, 3.05) is 23.3 Å². The van der Waals surface area contributed by atoms with Crippen LogP contribution in [0.2, 0.25) is 0 Å². The molecule has 1 fully saturated rings. The van der Waals surface area contributed by atoms with Crippen molar-refractivity contribution in [2.45, 2.75) is 19.3 Å². The summed E-state index contributed by atoms with van der Waals surface area (Å²) in [7, 11) is 0. The molecule has 1 N–H and O–H groups in total. The first-order chi connectivity index (χ1) is 10.2. The molecule has 4 nitrogen and oxygen atoms in total. The van der Waals surface area contributed by atoms with Gasteiger partial charge in [0.25, 0.3) is 0 Å². The normalized spacial score (nSPS) is 15.0. The zero-order valence-corrected chi connectivity index (χ0v) is 11.5. The summed E-state index contributed by atoms with van der Waals surface area (Å²) >= 11 is 0. The van der Waals surface area contributed by atoms with Gasteiger partial charge in [0.2, 0.25) is 5.95 Å². The fourth-order valence-electron chi connectivity index (χ4n) is 2.42. The van der Waals surface area contributed by atoms with Crippen molar-refractivity contribution in [1.29, 1.82) is 0 Å². The Hall–Kier alpha value is -2.24. The molecule has 0 saturated carbocycles. The van der Waals surface area contributed by atoms with E-state index in [4.69, 9.17) is 0 Å². The lowest BCUT2D eigenvalue weighted by molar-refractivity contribution is 0.573. The van der Waals surface area contributed by atoms with Gasteiger partial charge in [0.05, 0.1) is 5.69 Å². The minimum Gasteiger partial charge on any atom is -0.356 e. The average Bonchev–Trinajstić information content (AvgIpc) is 2.51. The molecule has 0 aliphatic carbocycles. The van der Waals surface area contributed by atoms with Crippen LogP contribution in [-0.4, -0.2) is 23.1 Å². The third kappa shape index (κ3) is 3.26. The topological polar surface area (TPSA) is 41.1 Å². The van der Waals surface area contributed by atoms with Crippen molar-refractivity contribution in [3.05, 3.63) is 42.1 Å². The first kappa shape index (κ1) is 13.7. The average molecular weight is 290 g/mol. The van der Waals surface area contributed by atoms with E-state index in [0.29, 0.717) is 5.95 Å². The molecule has 1 aliphatic rings. The van der Waals surface area contributed by atoms with Gasteiger partial charge >= 0.3 is 0 Å². The zero-order valence-electron chi connectivity index (χ0n) is 11.5. The molecule has 0 atom stereocenters. The second-order valence-corrected chi connectivity index (χ2v) is 5.04. The molecule has 3 rings (SSSR count). The van der Waals surface area contributed by atoms with Gasteiger partial charge in [-0.25, -0.2) is 13.8 Å². The summed E-state index contributed by atoms with van der Waals surface area (Å²) in [5.74, 6) is -0.138. The van der Waals surface area contributed by atoms with E-state index in [2.05, 4.69) is 20.2 Å². The second-order valence-electron chi connectivity index (χ2n) is 5.04. The lowest BCUT2D eigenvalue weighted by Gasteiger charge is -2.27. The van der Waals surface area contributed by atoms with Gasteiger partial charge in [-0.1, -0.05) is 0 Å². The summed E-state index contributed by atoms with van der Waals surface area (Å²) in [5, 5.41) is 2.79. The van der Waals surface area contributed by atoms with Gasteiger partial charge in [-0.15, -0.1) is 0 Å². The van der Waals surface area contributed by atoms with Crippen LogP contribution < -0.4 is 10.2 Å². The molecule has 1 aromatic carbocycles. The van der Waals surface area contributed by atoms with Crippen molar-refractivity contribution in [2.24, 2.45) is 0 Å². The summed E-state index contributed by atoms with van der Waals surface area (Å²) in [5.41, 5.74) is 0.159. The largest absolute Gasteiger partial charge is 0.356 e. The van der Waals surface area contributed by atoms with Crippen LogP contribution in [-0.2, 0) is 0 Å². The van der Waals surface area contributed by atoms with E-state index in [0.717, 1.165) is 37.8 Å². The predicted molar refractivity (Wildman–Crippen MR) is 77.7 cm³/mol. The first-order valence-electron chi connectivity index (χ1n) is 7.02. The molecule has 1 saturated heterocycles. The fraction of sp³-hybridized carbons (Fsp3) is 0.333. The molecule has 1 aromatic heterocycles. The quantitative estimate of drug-likeness (QED) is 0.939.